The summed E-state index contributed by atoms with van der Waals surface area (Å²) in [6.07, 6.45) is -4.58. The van der Waals surface area contributed by atoms with Crippen LogP contribution in [0.25, 0.3) is 0 Å². The fourth-order valence-electron chi connectivity index (χ4n) is 1.80. The molecule has 0 amide bonds. The van der Waals surface area contributed by atoms with E-state index in [-0.39, 0.29) is 17.8 Å². The third kappa shape index (κ3) is 4.16. The number of alkyl halides is 3. The molecule has 16 heavy (non-hydrogen) atoms. The van der Waals surface area contributed by atoms with Crippen molar-refractivity contribution in [1.29, 1.82) is 0 Å². The zero-order valence-corrected chi connectivity index (χ0v) is 10.6. The Morgan fingerprint density at radius 2 is 1.88 bits per heavy atom. The Balaban J connectivity index is 2.75. The molecule has 1 aromatic heterocycles. The first-order valence-electron chi connectivity index (χ1n) is 5.30. The van der Waals surface area contributed by atoms with Gasteiger partial charge in [0.2, 0.25) is 0 Å². The molecule has 92 valence electrons. The van der Waals surface area contributed by atoms with Crippen molar-refractivity contribution < 1.29 is 13.2 Å². The third-order valence-corrected chi connectivity index (χ3v) is 3.63. The highest BCUT2D eigenvalue weighted by Crippen LogP contribution is 2.42. The molecule has 0 aliphatic carbocycles. The first-order valence-corrected chi connectivity index (χ1v) is 6.18. The van der Waals surface area contributed by atoms with Gasteiger partial charge in [-0.05, 0) is 29.2 Å². The number of thiophene rings is 1. The van der Waals surface area contributed by atoms with Gasteiger partial charge in [-0.2, -0.15) is 13.2 Å². The molecule has 0 spiro atoms. The van der Waals surface area contributed by atoms with Crippen molar-refractivity contribution in [2.45, 2.75) is 45.7 Å². The maximum atomic E-state index is 12.2. The smallest absolute Gasteiger partial charge is 0.171 e. The summed E-state index contributed by atoms with van der Waals surface area (Å²) in [7, 11) is 0. The lowest BCUT2D eigenvalue weighted by Crippen LogP contribution is -2.20. The Morgan fingerprint density at radius 3 is 2.25 bits per heavy atom. The maximum absolute atomic E-state index is 12.2. The topological polar surface area (TPSA) is 0 Å². The highest BCUT2D eigenvalue weighted by molar-refractivity contribution is 7.10. The summed E-state index contributed by atoms with van der Waals surface area (Å²) in [6, 6.07) is 3.82. The van der Waals surface area contributed by atoms with E-state index in [1.54, 1.807) is 11.3 Å². The fraction of sp³-hybridized carbons (Fsp3) is 0.667. The molecule has 1 rings (SSSR count). The highest BCUT2D eigenvalue weighted by Gasteiger charge is 2.33. The van der Waals surface area contributed by atoms with Crippen molar-refractivity contribution in [1.82, 2.24) is 0 Å². The Labute approximate surface area is 98.5 Å². The Bertz CT molecular complexity index is 306. The van der Waals surface area contributed by atoms with E-state index in [1.165, 1.54) is 0 Å². The van der Waals surface area contributed by atoms with Crippen molar-refractivity contribution in [3.05, 3.63) is 22.4 Å². The van der Waals surface area contributed by atoms with E-state index >= 15 is 0 Å². The molecule has 0 bridgehead atoms. The van der Waals surface area contributed by atoms with Crippen LogP contribution in [0.1, 0.15) is 44.4 Å². The molecular weight excluding hydrogens is 233 g/mol. The van der Waals surface area contributed by atoms with E-state index in [4.69, 9.17) is 0 Å². The van der Waals surface area contributed by atoms with Gasteiger partial charge < -0.3 is 0 Å². The largest absolute Gasteiger partial charge is 0.389 e. The minimum Gasteiger partial charge on any atom is -0.171 e. The first-order chi connectivity index (χ1) is 7.20. The summed E-state index contributed by atoms with van der Waals surface area (Å²) in [5.41, 5.74) is -0.129. The summed E-state index contributed by atoms with van der Waals surface area (Å²) in [6.45, 7) is 5.98. The van der Waals surface area contributed by atoms with Crippen LogP contribution in [0.3, 0.4) is 0 Å². The molecule has 1 atom stereocenters. The molecule has 0 N–H and O–H groups in total. The van der Waals surface area contributed by atoms with Gasteiger partial charge in [-0.15, -0.1) is 11.3 Å². The molecule has 0 aliphatic rings. The number of halogens is 3. The lowest BCUT2D eigenvalue weighted by atomic mass is 9.77. The Morgan fingerprint density at radius 1 is 1.25 bits per heavy atom. The van der Waals surface area contributed by atoms with E-state index in [0.29, 0.717) is 0 Å². The van der Waals surface area contributed by atoms with E-state index in [9.17, 15) is 13.2 Å². The van der Waals surface area contributed by atoms with E-state index in [0.717, 1.165) is 4.88 Å². The number of hydrogen-bond acceptors (Lipinski definition) is 1. The first kappa shape index (κ1) is 13.6. The summed E-state index contributed by atoms with van der Waals surface area (Å²) in [5, 5.41) is 1.92. The van der Waals surface area contributed by atoms with Gasteiger partial charge in [-0.1, -0.05) is 26.8 Å². The van der Waals surface area contributed by atoms with Crippen molar-refractivity contribution in [2.75, 3.05) is 0 Å². The van der Waals surface area contributed by atoms with Crippen LogP contribution in [-0.4, -0.2) is 6.18 Å². The lowest BCUT2D eigenvalue weighted by molar-refractivity contribution is -0.137. The van der Waals surface area contributed by atoms with Gasteiger partial charge in [0.15, 0.2) is 0 Å². The predicted octanol–water partition coefficient (Wildman–Crippen LogP) is 5.22. The second kappa shape index (κ2) is 4.78. The van der Waals surface area contributed by atoms with E-state index in [2.05, 4.69) is 0 Å². The summed E-state index contributed by atoms with van der Waals surface area (Å²) >= 11 is 1.54. The molecule has 0 nitrogen and oxygen atoms in total. The van der Waals surface area contributed by atoms with Crippen LogP contribution in [0.15, 0.2) is 17.5 Å². The normalized spacial score (nSPS) is 15.1. The van der Waals surface area contributed by atoms with Gasteiger partial charge in [-0.25, -0.2) is 0 Å². The predicted molar refractivity (Wildman–Crippen MR) is 61.8 cm³/mol. The quantitative estimate of drug-likeness (QED) is 0.690. The monoisotopic (exact) mass is 250 g/mol. The van der Waals surface area contributed by atoms with Gasteiger partial charge in [0.05, 0.1) is 0 Å². The van der Waals surface area contributed by atoms with Crippen molar-refractivity contribution in [2.24, 2.45) is 5.41 Å². The summed E-state index contributed by atoms with van der Waals surface area (Å²) in [4.78, 5) is 1.05. The molecule has 0 saturated carbocycles. The molecule has 0 radical (unpaired) electrons. The fourth-order valence-corrected chi connectivity index (χ4v) is 2.91. The van der Waals surface area contributed by atoms with Gasteiger partial charge in [0, 0.05) is 11.3 Å². The maximum Gasteiger partial charge on any atom is 0.389 e. The second-order valence-corrected chi connectivity index (χ2v) is 6.07. The average molecular weight is 250 g/mol. The minimum atomic E-state index is -4.05. The molecule has 1 aromatic rings. The van der Waals surface area contributed by atoms with Gasteiger partial charge in [0.25, 0.3) is 0 Å². The SMILES string of the molecule is CC(C)(C)C(CCC(F)(F)F)c1cccs1. The molecule has 1 heterocycles. The molecule has 0 aromatic carbocycles. The molecule has 0 saturated heterocycles. The van der Waals surface area contributed by atoms with Crippen LogP contribution in [0.2, 0.25) is 0 Å². The second-order valence-electron chi connectivity index (χ2n) is 5.09. The van der Waals surface area contributed by atoms with Crippen LogP contribution < -0.4 is 0 Å². The molecule has 0 aliphatic heterocycles. The van der Waals surface area contributed by atoms with Crippen LogP contribution in [0, 0.1) is 5.41 Å². The van der Waals surface area contributed by atoms with E-state index in [1.807, 2.05) is 38.3 Å². The number of hydrogen-bond donors (Lipinski definition) is 0. The van der Waals surface area contributed by atoms with E-state index < -0.39 is 12.6 Å². The van der Waals surface area contributed by atoms with Crippen molar-refractivity contribution >= 4 is 11.3 Å². The standard InChI is InChI=1S/C12H17F3S/c1-11(2,3)9(6-7-12(13,14)15)10-5-4-8-16-10/h4-5,8-9H,6-7H2,1-3H3. The number of rotatable bonds is 3. The van der Waals surface area contributed by atoms with Gasteiger partial charge >= 0.3 is 6.18 Å². The van der Waals surface area contributed by atoms with Crippen molar-refractivity contribution in [3.8, 4) is 0 Å². The molecule has 1 unspecified atom stereocenters. The molecular formula is C12H17F3S. The third-order valence-electron chi connectivity index (χ3n) is 2.65. The Hall–Kier alpha value is -0.510. The Kier molecular flexibility index (Phi) is 4.05. The highest BCUT2D eigenvalue weighted by atomic mass is 32.1. The van der Waals surface area contributed by atoms with Crippen LogP contribution in [0.5, 0.6) is 0 Å². The summed E-state index contributed by atoms with van der Waals surface area (Å²) < 4.78 is 36.7. The van der Waals surface area contributed by atoms with Crippen LogP contribution in [-0.2, 0) is 0 Å². The van der Waals surface area contributed by atoms with Gasteiger partial charge in [-0.3, -0.25) is 0 Å². The average Bonchev–Trinajstić information content (AvgIpc) is 2.52. The lowest BCUT2D eigenvalue weighted by Gasteiger charge is -2.30. The van der Waals surface area contributed by atoms with Crippen molar-refractivity contribution in [3.63, 3.8) is 0 Å². The molecule has 4 heteroatoms. The van der Waals surface area contributed by atoms with Gasteiger partial charge in [0.1, 0.15) is 0 Å². The molecule has 0 fully saturated rings. The summed E-state index contributed by atoms with van der Waals surface area (Å²) in [5.74, 6) is -0.0193. The van der Waals surface area contributed by atoms with Crippen LogP contribution in [0.4, 0.5) is 13.2 Å². The zero-order chi connectivity index (χ0) is 12.4. The zero-order valence-electron chi connectivity index (χ0n) is 9.77. The van der Waals surface area contributed by atoms with Crippen LogP contribution >= 0.6 is 11.3 Å². The minimum absolute atomic E-state index is 0.0193.